The van der Waals surface area contributed by atoms with E-state index in [0.717, 1.165) is 56.0 Å². The van der Waals surface area contributed by atoms with Gasteiger partial charge in [-0.15, -0.1) is 0 Å². The Morgan fingerprint density at radius 1 is 0.939 bits per heavy atom. The average molecular weight is 450 g/mol. The van der Waals surface area contributed by atoms with E-state index in [-0.39, 0.29) is 5.92 Å². The maximum Gasteiger partial charge on any atom is 0.227 e. The molecule has 4 heteroatoms. The molecule has 4 rings (SSSR count). The fourth-order valence-electron chi connectivity index (χ4n) is 4.45. The van der Waals surface area contributed by atoms with Gasteiger partial charge in [0.1, 0.15) is 0 Å². The van der Waals surface area contributed by atoms with Crippen LogP contribution < -0.4 is 4.90 Å². The number of carbonyl (C=O) groups is 1. The summed E-state index contributed by atoms with van der Waals surface area (Å²) in [6, 6.07) is 16.8. The van der Waals surface area contributed by atoms with Crippen molar-refractivity contribution in [2.45, 2.75) is 61.3 Å². The second kappa shape index (κ2) is 13.2. The minimum Gasteiger partial charge on any atom is -0.371 e. The van der Waals surface area contributed by atoms with Crippen LogP contribution in [0.5, 0.6) is 0 Å². The summed E-state index contributed by atoms with van der Waals surface area (Å²) in [5.41, 5.74) is 5.53. The Labute approximate surface area is 201 Å². The first-order valence-electron chi connectivity index (χ1n) is 12.8. The second-order valence-corrected chi connectivity index (χ2v) is 8.64. The van der Waals surface area contributed by atoms with Crippen LogP contribution in [0.15, 0.2) is 53.5 Å². The van der Waals surface area contributed by atoms with Gasteiger partial charge in [0.05, 0.1) is 11.6 Å². The minimum atomic E-state index is 0.130. The number of amides is 1. The molecule has 2 saturated heterocycles. The molecule has 4 nitrogen and oxygen atoms in total. The van der Waals surface area contributed by atoms with Gasteiger partial charge in [-0.05, 0) is 61.9 Å². The Hall–Kier alpha value is -2.62. The van der Waals surface area contributed by atoms with Crippen molar-refractivity contribution in [2.75, 3.05) is 31.1 Å². The highest BCUT2D eigenvalue weighted by molar-refractivity contribution is 6.01. The smallest absolute Gasteiger partial charge is 0.227 e. The second-order valence-electron chi connectivity index (χ2n) is 8.64. The molecule has 2 aromatic carbocycles. The van der Waals surface area contributed by atoms with Gasteiger partial charge in [-0.3, -0.25) is 9.79 Å². The molecule has 180 valence electrons. The van der Waals surface area contributed by atoms with Gasteiger partial charge in [0.25, 0.3) is 0 Å². The van der Waals surface area contributed by atoms with E-state index in [1.807, 2.05) is 39.8 Å². The van der Waals surface area contributed by atoms with Crippen LogP contribution in [0.1, 0.15) is 65.5 Å². The van der Waals surface area contributed by atoms with Crippen molar-refractivity contribution in [1.29, 1.82) is 0 Å². The van der Waals surface area contributed by atoms with Crippen LogP contribution in [0.4, 0.5) is 11.4 Å². The Kier molecular flexibility index (Phi) is 10.6. The van der Waals surface area contributed by atoms with Gasteiger partial charge in [-0.1, -0.05) is 65.0 Å². The summed E-state index contributed by atoms with van der Waals surface area (Å²) in [5, 5.41) is 0. The van der Waals surface area contributed by atoms with Crippen molar-refractivity contribution in [2.24, 2.45) is 16.8 Å². The molecular formula is C29H43N3O. The molecule has 2 aliphatic rings. The number of benzene rings is 2. The van der Waals surface area contributed by atoms with E-state index < -0.39 is 0 Å². The van der Waals surface area contributed by atoms with Crippen molar-refractivity contribution >= 4 is 23.0 Å². The van der Waals surface area contributed by atoms with E-state index in [0.29, 0.717) is 11.8 Å². The number of anilines is 1. The summed E-state index contributed by atoms with van der Waals surface area (Å²) < 4.78 is 0. The molecular weight excluding hydrogens is 406 g/mol. The van der Waals surface area contributed by atoms with E-state index in [4.69, 9.17) is 4.99 Å². The minimum absolute atomic E-state index is 0.130. The lowest BCUT2D eigenvalue weighted by atomic mass is 10.1. The molecule has 0 spiro atoms. The lowest BCUT2D eigenvalue weighted by Gasteiger charge is -2.22. The van der Waals surface area contributed by atoms with Crippen LogP contribution in [0.3, 0.4) is 0 Å². The maximum atomic E-state index is 12.9. The zero-order chi connectivity index (χ0) is 24.4. The van der Waals surface area contributed by atoms with E-state index >= 15 is 0 Å². The topological polar surface area (TPSA) is 35.9 Å². The Bertz CT molecular complexity index is 921. The number of hydrogen-bond acceptors (Lipinski definition) is 3. The lowest BCUT2D eigenvalue weighted by molar-refractivity contribution is -0.133. The van der Waals surface area contributed by atoms with Crippen LogP contribution in [0.2, 0.25) is 0 Å². The monoisotopic (exact) mass is 449 g/mol. The number of likely N-dealkylation sites (tertiary alicyclic amines) is 1. The van der Waals surface area contributed by atoms with Gasteiger partial charge in [-0.25, -0.2) is 0 Å². The van der Waals surface area contributed by atoms with E-state index in [1.54, 1.807) is 0 Å². The molecule has 2 atom stereocenters. The van der Waals surface area contributed by atoms with Gasteiger partial charge in [0.15, 0.2) is 0 Å². The van der Waals surface area contributed by atoms with Crippen molar-refractivity contribution in [3.05, 3.63) is 59.7 Å². The van der Waals surface area contributed by atoms with Gasteiger partial charge in [0, 0.05) is 37.6 Å². The van der Waals surface area contributed by atoms with Gasteiger partial charge in [0.2, 0.25) is 5.91 Å². The van der Waals surface area contributed by atoms with Crippen molar-refractivity contribution in [3.8, 4) is 0 Å². The lowest BCUT2D eigenvalue weighted by Crippen LogP contribution is -2.35. The molecule has 33 heavy (non-hydrogen) atoms. The standard InChI is InChI=1S/C25H31N3O.2C2H6/c1-18-11-13-28(16-18)25(29)22-12-14-27(17-22)23-9-6-8-21(15-23)20(3)26-24-10-5-4-7-19(24)2;2*1-2/h4-10,15,18,22H,11-14,16-17H2,1-3H3;2*1-2H3. The van der Waals surface area contributed by atoms with Gasteiger partial charge < -0.3 is 9.80 Å². The highest BCUT2D eigenvalue weighted by atomic mass is 16.2. The number of aryl methyl sites for hydroxylation is 1. The molecule has 0 aromatic heterocycles. The Morgan fingerprint density at radius 3 is 2.33 bits per heavy atom. The first-order chi connectivity index (χ1) is 16.0. The van der Waals surface area contributed by atoms with Crippen molar-refractivity contribution < 1.29 is 4.79 Å². The summed E-state index contributed by atoms with van der Waals surface area (Å²) in [7, 11) is 0. The SMILES string of the molecule is CC.CC.CC(=Nc1ccccc1C)c1cccc(N2CCC(C(=O)N3CCC(C)C3)C2)c1. The van der Waals surface area contributed by atoms with E-state index in [2.05, 4.69) is 67.0 Å². The zero-order valence-electron chi connectivity index (χ0n) is 21.8. The summed E-state index contributed by atoms with van der Waals surface area (Å²) in [5.74, 6) is 1.12. The largest absolute Gasteiger partial charge is 0.371 e. The molecule has 2 heterocycles. The Morgan fingerprint density at radius 2 is 1.67 bits per heavy atom. The molecule has 2 aromatic rings. The predicted octanol–water partition coefficient (Wildman–Crippen LogP) is 6.88. The molecule has 2 fully saturated rings. The number of hydrogen-bond donors (Lipinski definition) is 0. The van der Waals surface area contributed by atoms with E-state index in [9.17, 15) is 4.79 Å². The number of nitrogens with zero attached hydrogens (tertiary/aromatic N) is 3. The van der Waals surface area contributed by atoms with Crippen LogP contribution >= 0.6 is 0 Å². The third-order valence-corrected chi connectivity index (χ3v) is 6.31. The van der Waals surface area contributed by atoms with Crippen LogP contribution in [0.25, 0.3) is 0 Å². The number of carbonyl (C=O) groups excluding carboxylic acids is 1. The first-order valence-corrected chi connectivity index (χ1v) is 12.8. The highest BCUT2D eigenvalue weighted by Gasteiger charge is 2.34. The van der Waals surface area contributed by atoms with E-state index in [1.165, 1.54) is 11.3 Å². The van der Waals surface area contributed by atoms with Crippen LogP contribution in [-0.4, -0.2) is 42.7 Å². The third-order valence-electron chi connectivity index (χ3n) is 6.31. The molecule has 2 unspecified atom stereocenters. The molecule has 0 radical (unpaired) electrons. The molecule has 1 amide bonds. The summed E-state index contributed by atoms with van der Waals surface area (Å²) in [4.78, 5) is 22.1. The summed E-state index contributed by atoms with van der Waals surface area (Å²) in [6.07, 6.45) is 2.09. The number of para-hydroxylation sites is 1. The highest BCUT2D eigenvalue weighted by Crippen LogP contribution is 2.28. The predicted molar refractivity (Wildman–Crippen MR) is 143 cm³/mol. The quantitative estimate of drug-likeness (QED) is 0.477. The fourth-order valence-corrected chi connectivity index (χ4v) is 4.45. The Balaban J connectivity index is 0.000000914. The number of rotatable bonds is 4. The zero-order valence-corrected chi connectivity index (χ0v) is 21.8. The van der Waals surface area contributed by atoms with Gasteiger partial charge >= 0.3 is 0 Å². The summed E-state index contributed by atoms with van der Waals surface area (Å²) in [6.45, 7) is 18.0. The third kappa shape index (κ3) is 6.93. The molecule has 2 aliphatic heterocycles. The van der Waals surface area contributed by atoms with Gasteiger partial charge in [-0.2, -0.15) is 0 Å². The van der Waals surface area contributed by atoms with Crippen LogP contribution in [-0.2, 0) is 4.79 Å². The van der Waals surface area contributed by atoms with Crippen molar-refractivity contribution in [3.63, 3.8) is 0 Å². The first kappa shape index (κ1) is 26.6. The average Bonchev–Trinajstić information content (AvgIpc) is 3.52. The van der Waals surface area contributed by atoms with Crippen LogP contribution in [0, 0.1) is 18.8 Å². The molecule has 0 saturated carbocycles. The molecule has 0 bridgehead atoms. The maximum absolute atomic E-state index is 12.9. The van der Waals surface area contributed by atoms with Crippen molar-refractivity contribution in [1.82, 2.24) is 4.90 Å². The normalized spacial score (nSPS) is 20.0. The summed E-state index contributed by atoms with van der Waals surface area (Å²) >= 11 is 0. The molecule has 0 aliphatic carbocycles. The fraction of sp³-hybridized carbons (Fsp3) is 0.517. The molecule has 0 N–H and O–H groups in total. The number of aliphatic imine (C=N–C) groups is 1.